The van der Waals surface area contributed by atoms with Crippen LogP contribution in [0.5, 0.6) is 0 Å². The minimum atomic E-state index is 0.0499. The first-order valence-corrected chi connectivity index (χ1v) is 23.6. The van der Waals surface area contributed by atoms with Crippen LogP contribution >= 0.6 is 0 Å². The summed E-state index contributed by atoms with van der Waals surface area (Å²) in [6, 6.07) is 49.1. The number of furan rings is 3. The molecule has 5 heterocycles. The lowest BCUT2D eigenvalue weighted by molar-refractivity contribution is 0.332. The summed E-state index contributed by atoms with van der Waals surface area (Å²) in [5.41, 5.74) is 20.3. The van der Waals surface area contributed by atoms with E-state index < -0.39 is 0 Å². The number of nitrogens with zero attached hydrogens (tertiary/aromatic N) is 1. The number of anilines is 2. The molecule has 0 unspecified atom stereocenters. The Labute approximate surface area is 383 Å². The maximum Gasteiger partial charge on any atom is 0.198 e. The van der Waals surface area contributed by atoms with E-state index in [9.17, 15) is 0 Å². The molecule has 5 nitrogen and oxygen atoms in total. The lowest BCUT2D eigenvalue weighted by Crippen LogP contribution is -2.37. The molecule has 0 saturated heterocycles. The van der Waals surface area contributed by atoms with E-state index in [1.165, 1.54) is 66.1 Å². The molecule has 0 bridgehead atoms. The molecule has 1 aliphatic carbocycles. The molecular formula is C60H49BN2O3. The minimum absolute atomic E-state index is 0.0499. The van der Waals surface area contributed by atoms with Gasteiger partial charge in [-0.1, -0.05) is 115 Å². The molecule has 66 heavy (non-hydrogen) atoms. The summed E-state index contributed by atoms with van der Waals surface area (Å²) < 4.78 is 22.6. The van der Waals surface area contributed by atoms with Gasteiger partial charge in [0.05, 0.1) is 11.2 Å². The average molecular weight is 857 g/mol. The van der Waals surface area contributed by atoms with Crippen molar-refractivity contribution >= 4 is 117 Å². The third-order valence-corrected chi connectivity index (χ3v) is 15.6. The van der Waals surface area contributed by atoms with Gasteiger partial charge in [-0.2, -0.15) is 0 Å². The summed E-state index contributed by atoms with van der Waals surface area (Å²) in [5, 5.41) is 13.2. The van der Waals surface area contributed by atoms with Gasteiger partial charge in [0.1, 0.15) is 33.5 Å². The smallest absolute Gasteiger partial charge is 0.198 e. The SMILES string of the molecule is CC(C)(C)c1ccc(Nc2cc3oc4cc5c(cc4c3cc2-c2ccc3c4c6c(ccc4n4c3c2Bc2cc3oc7ccccc7c3cc2-4)oc2ccccc26)C(C)(C)CCC5(C)C)cc1. The van der Waals surface area contributed by atoms with Crippen LogP contribution in [-0.2, 0) is 16.2 Å². The van der Waals surface area contributed by atoms with E-state index in [1.54, 1.807) is 0 Å². The molecule has 0 fully saturated rings. The van der Waals surface area contributed by atoms with E-state index in [2.05, 4.69) is 192 Å². The van der Waals surface area contributed by atoms with Crippen LogP contribution in [0.3, 0.4) is 0 Å². The summed E-state index contributed by atoms with van der Waals surface area (Å²) in [4.78, 5) is 0. The summed E-state index contributed by atoms with van der Waals surface area (Å²) >= 11 is 0. The maximum atomic E-state index is 6.93. The molecule has 0 atom stereocenters. The second kappa shape index (κ2) is 12.8. The summed E-state index contributed by atoms with van der Waals surface area (Å²) in [6.07, 6.45) is 2.31. The maximum absolute atomic E-state index is 6.93. The number of hydrogen-bond donors (Lipinski definition) is 1. The highest BCUT2D eigenvalue weighted by Gasteiger charge is 2.38. The Morgan fingerprint density at radius 1 is 0.530 bits per heavy atom. The third kappa shape index (κ3) is 5.24. The van der Waals surface area contributed by atoms with Crippen LogP contribution in [0.25, 0.3) is 104 Å². The molecule has 1 N–H and O–H groups in total. The fraction of sp³-hybridized carbons (Fsp3) is 0.200. The van der Waals surface area contributed by atoms with E-state index in [0.717, 1.165) is 97.5 Å². The zero-order valence-electron chi connectivity index (χ0n) is 38.5. The Morgan fingerprint density at radius 2 is 1.17 bits per heavy atom. The van der Waals surface area contributed by atoms with Crippen molar-refractivity contribution in [1.82, 2.24) is 4.57 Å². The van der Waals surface area contributed by atoms with E-state index in [0.29, 0.717) is 0 Å². The van der Waals surface area contributed by atoms with Crippen molar-refractivity contribution in [1.29, 1.82) is 0 Å². The molecule has 6 heteroatoms. The standard InChI is InChI=1S/C60H49BN2O3/c1-58(2,3)32-16-18-33(19-17-32)62-45-31-53-39(40-27-42-43(29-51(40)66-53)60(6,7)25-24-59(42,4)5)26-38(45)35-20-21-37-54-46(22-23-50-55(54)36-13-9-11-15-49(36)64-50)63-47-28-41-34-12-8-10-14-48(34)65-52(41)30-44(47)61-56(35)57(37)63/h8-23,26-31,61-62H,24-25H2,1-7H3. The number of aromatic nitrogens is 1. The molecule has 320 valence electrons. The van der Waals surface area contributed by atoms with Crippen LogP contribution in [0.2, 0.25) is 0 Å². The molecule has 1 aliphatic heterocycles. The van der Waals surface area contributed by atoms with Crippen LogP contribution in [0, 0.1) is 0 Å². The summed E-state index contributed by atoms with van der Waals surface area (Å²) in [5.74, 6) is 0. The Morgan fingerprint density at radius 3 is 1.94 bits per heavy atom. The number of rotatable bonds is 3. The summed E-state index contributed by atoms with van der Waals surface area (Å²) in [7, 11) is 0.737. The Hall–Kier alpha value is -7.18. The average Bonchev–Trinajstić information content (AvgIpc) is 4.05. The fourth-order valence-electron chi connectivity index (χ4n) is 11.9. The van der Waals surface area contributed by atoms with Gasteiger partial charge in [-0.3, -0.25) is 0 Å². The van der Waals surface area contributed by atoms with Gasteiger partial charge >= 0.3 is 0 Å². The Kier molecular flexibility index (Phi) is 7.39. The fourth-order valence-corrected chi connectivity index (χ4v) is 11.9. The van der Waals surface area contributed by atoms with Gasteiger partial charge in [0.2, 0.25) is 0 Å². The molecular weight excluding hydrogens is 807 g/mol. The van der Waals surface area contributed by atoms with E-state index in [-0.39, 0.29) is 16.2 Å². The van der Waals surface area contributed by atoms with Crippen molar-refractivity contribution in [3.05, 3.63) is 150 Å². The lowest BCUT2D eigenvalue weighted by Gasteiger charge is -2.41. The van der Waals surface area contributed by atoms with Gasteiger partial charge in [-0.15, -0.1) is 0 Å². The van der Waals surface area contributed by atoms with Gasteiger partial charge in [0.25, 0.3) is 0 Å². The van der Waals surface area contributed by atoms with Crippen LogP contribution in [0.4, 0.5) is 11.4 Å². The molecule has 0 spiro atoms. The van der Waals surface area contributed by atoms with Crippen molar-refractivity contribution in [2.24, 2.45) is 0 Å². The predicted octanol–water partition coefficient (Wildman–Crippen LogP) is 15.2. The number of nitrogens with one attached hydrogen (secondary N) is 1. The second-order valence-corrected chi connectivity index (χ2v) is 21.6. The van der Waals surface area contributed by atoms with E-state index in [4.69, 9.17) is 13.3 Å². The normalized spacial score (nSPS) is 15.4. The number of fused-ring (bicyclic) bond motifs is 16. The monoisotopic (exact) mass is 856 g/mol. The number of para-hydroxylation sites is 2. The topological polar surface area (TPSA) is 56.4 Å². The van der Waals surface area contributed by atoms with Crippen molar-refractivity contribution in [3.63, 3.8) is 0 Å². The highest BCUT2D eigenvalue weighted by Crippen LogP contribution is 2.50. The predicted molar refractivity (Wildman–Crippen MR) is 278 cm³/mol. The van der Waals surface area contributed by atoms with Crippen LogP contribution in [0.1, 0.15) is 78.0 Å². The largest absolute Gasteiger partial charge is 0.456 e. The lowest BCUT2D eigenvalue weighted by atomic mass is 9.59. The van der Waals surface area contributed by atoms with Gasteiger partial charge in [0.15, 0.2) is 7.28 Å². The molecule has 8 aromatic carbocycles. The molecule has 0 radical (unpaired) electrons. The first-order chi connectivity index (χ1) is 31.8. The summed E-state index contributed by atoms with van der Waals surface area (Å²) in [6.45, 7) is 16.4. The van der Waals surface area contributed by atoms with Crippen LogP contribution < -0.4 is 16.2 Å². The molecule has 4 aromatic heterocycles. The molecule has 0 saturated carbocycles. The highest BCUT2D eigenvalue weighted by molar-refractivity contribution is 6.74. The zero-order chi connectivity index (χ0) is 44.6. The van der Waals surface area contributed by atoms with E-state index in [1.807, 2.05) is 0 Å². The number of hydrogen-bond acceptors (Lipinski definition) is 4. The Bertz CT molecular complexity index is 4090. The van der Waals surface area contributed by atoms with E-state index >= 15 is 0 Å². The first kappa shape index (κ1) is 38.1. The van der Waals surface area contributed by atoms with Crippen molar-refractivity contribution in [3.8, 4) is 16.8 Å². The zero-order valence-corrected chi connectivity index (χ0v) is 38.5. The second-order valence-electron chi connectivity index (χ2n) is 21.6. The first-order valence-electron chi connectivity index (χ1n) is 23.6. The van der Waals surface area contributed by atoms with Gasteiger partial charge in [0, 0.05) is 71.6 Å². The van der Waals surface area contributed by atoms with Crippen LogP contribution in [0.15, 0.2) is 147 Å². The molecule has 12 aromatic rings. The van der Waals surface area contributed by atoms with Gasteiger partial charge in [-0.25, -0.2) is 0 Å². The van der Waals surface area contributed by atoms with Crippen LogP contribution in [-0.4, -0.2) is 11.8 Å². The minimum Gasteiger partial charge on any atom is -0.456 e. The molecule has 2 aliphatic rings. The van der Waals surface area contributed by atoms with Crippen molar-refractivity contribution in [2.75, 3.05) is 5.32 Å². The molecule has 14 rings (SSSR count). The van der Waals surface area contributed by atoms with Crippen molar-refractivity contribution in [2.45, 2.75) is 77.6 Å². The third-order valence-electron chi connectivity index (χ3n) is 15.6. The highest BCUT2D eigenvalue weighted by atomic mass is 16.3. The Balaban J connectivity index is 1.08. The molecule has 0 amide bonds. The van der Waals surface area contributed by atoms with Crippen molar-refractivity contribution < 1.29 is 13.3 Å². The van der Waals surface area contributed by atoms with Gasteiger partial charge < -0.3 is 23.1 Å². The van der Waals surface area contributed by atoms with Gasteiger partial charge in [-0.05, 0) is 124 Å². The quantitative estimate of drug-likeness (QED) is 0.180. The number of benzene rings is 8.